The molecule has 2 aliphatic rings. The van der Waals surface area contributed by atoms with E-state index >= 15 is 0 Å². The molecule has 0 spiro atoms. The number of aromatic nitrogens is 1. The molecule has 4 rings (SSSR count). The Kier molecular flexibility index (Phi) is 7.67. The number of amides is 2. The molecule has 3 heterocycles. The molecule has 0 bridgehead atoms. The zero-order valence-electron chi connectivity index (χ0n) is 18.9. The first kappa shape index (κ1) is 25.5. The number of thioether (sulfide) groups is 1. The number of carbonyl (C=O) groups is 2. The predicted octanol–water partition coefficient (Wildman–Crippen LogP) is 1.07. The van der Waals surface area contributed by atoms with Crippen molar-refractivity contribution in [3.63, 3.8) is 0 Å². The van der Waals surface area contributed by atoms with Gasteiger partial charge in [0.15, 0.2) is 0 Å². The summed E-state index contributed by atoms with van der Waals surface area (Å²) in [7, 11) is -4.18. The van der Waals surface area contributed by atoms with Crippen LogP contribution in [0.3, 0.4) is 0 Å². The summed E-state index contributed by atoms with van der Waals surface area (Å²) in [6.45, 7) is -0.0577. The Bertz CT molecular complexity index is 1350. The van der Waals surface area contributed by atoms with Crippen LogP contribution < -0.4 is 22.0 Å². The molecule has 0 aliphatic carbocycles. The number of benzene rings is 1. The van der Waals surface area contributed by atoms with Crippen LogP contribution in [0.5, 0.6) is 0 Å². The molecule has 3 atom stereocenters. The minimum Gasteiger partial charge on any atom is -0.372 e. The van der Waals surface area contributed by atoms with E-state index in [2.05, 4.69) is 10.6 Å². The third-order valence-electron chi connectivity index (χ3n) is 6.29. The first-order valence-electron chi connectivity index (χ1n) is 11.4. The molecule has 3 N–H and O–H groups in total. The fourth-order valence-corrected chi connectivity index (χ4v) is 6.66. The molecule has 1 aromatic heterocycles. The molecule has 2 aromatic rings. The maximum Gasteiger partial charge on any atom is 0.422 e. The van der Waals surface area contributed by atoms with E-state index in [9.17, 15) is 27.6 Å². The van der Waals surface area contributed by atoms with Gasteiger partial charge in [0.05, 0.1) is 28.7 Å². The van der Waals surface area contributed by atoms with E-state index in [0.717, 1.165) is 29.6 Å². The molecule has 2 fully saturated rings. The number of hydrogen-bond acceptors (Lipinski definition) is 8. The Morgan fingerprint density at radius 2 is 1.97 bits per heavy atom. The lowest BCUT2D eigenvalue weighted by molar-refractivity contribution is -0.118. The SMILES string of the molecule is O=C(CCCCC1SCC2NC(=O)NC21)Cc1ccc2c(c1)c(=O)oc(=O)n2CCCS(=O)(=O)O. The van der Waals surface area contributed by atoms with Crippen LogP contribution in [0.25, 0.3) is 10.9 Å². The Hall–Kier alpha value is -2.64. The van der Waals surface area contributed by atoms with Crippen molar-refractivity contribution in [1.29, 1.82) is 0 Å². The van der Waals surface area contributed by atoms with Gasteiger partial charge in [-0.1, -0.05) is 12.5 Å². The number of carbonyl (C=O) groups excluding carboxylic acids is 2. The number of Topliss-reactive ketones (excluding diaryl/α,β-unsaturated/α-hetero) is 1. The van der Waals surface area contributed by atoms with Crippen molar-refractivity contribution in [2.24, 2.45) is 0 Å². The van der Waals surface area contributed by atoms with E-state index in [1.54, 1.807) is 12.1 Å². The summed E-state index contributed by atoms with van der Waals surface area (Å²) in [6, 6.07) is 4.94. The molecule has 1 aromatic carbocycles. The van der Waals surface area contributed by atoms with Crippen molar-refractivity contribution in [2.45, 2.75) is 62.4 Å². The van der Waals surface area contributed by atoms with E-state index in [-0.39, 0.29) is 54.2 Å². The molecule has 0 saturated carbocycles. The van der Waals surface area contributed by atoms with Gasteiger partial charge >= 0.3 is 17.4 Å². The number of ketones is 1. The molecule has 190 valence electrons. The van der Waals surface area contributed by atoms with Gasteiger partial charge in [-0.05, 0) is 37.0 Å². The van der Waals surface area contributed by atoms with Crippen LogP contribution in [-0.4, -0.2) is 58.2 Å². The molecule has 3 unspecified atom stereocenters. The van der Waals surface area contributed by atoms with Gasteiger partial charge in [0.1, 0.15) is 5.78 Å². The van der Waals surface area contributed by atoms with Crippen LogP contribution in [-0.2, 0) is 27.9 Å². The maximum atomic E-state index is 12.5. The monoisotopic (exact) mass is 525 g/mol. The first-order chi connectivity index (χ1) is 16.6. The lowest BCUT2D eigenvalue weighted by atomic mass is 10.00. The highest BCUT2D eigenvalue weighted by Crippen LogP contribution is 2.33. The van der Waals surface area contributed by atoms with Crippen molar-refractivity contribution in [1.82, 2.24) is 15.2 Å². The van der Waals surface area contributed by atoms with Crippen molar-refractivity contribution >= 4 is 44.6 Å². The summed E-state index contributed by atoms with van der Waals surface area (Å²) < 4.78 is 36.6. The fourth-order valence-electron chi connectivity index (χ4n) is 4.62. The smallest absolute Gasteiger partial charge is 0.372 e. The Morgan fingerprint density at radius 1 is 1.17 bits per heavy atom. The van der Waals surface area contributed by atoms with Crippen LogP contribution in [0.4, 0.5) is 4.79 Å². The average molecular weight is 526 g/mol. The number of rotatable bonds is 11. The molecule has 0 radical (unpaired) electrons. The number of nitrogens with zero attached hydrogens (tertiary/aromatic N) is 1. The van der Waals surface area contributed by atoms with E-state index in [1.165, 1.54) is 6.07 Å². The predicted molar refractivity (Wildman–Crippen MR) is 130 cm³/mol. The van der Waals surface area contributed by atoms with Crippen molar-refractivity contribution < 1.29 is 27.0 Å². The highest BCUT2D eigenvalue weighted by molar-refractivity contribution is 8.00. The Labute approximate surface area is 205 Å². The fraction of sp³-hybridized carbons (Fsp3) is 0.545. The van der Waals surface area contributed by atoms with Gasteiger partial charge in [-0.25, -0.2) is 14.4 Å². The lowest BCUT2D eigenvalue weighted by Gasteiger charge is -2.16. The second-order valence-corrected chi connectivity index (χ2v) is 11.7. The summed E-state index contributed by atoms with van der Waals surface area (Å²) >= 11 is 1.84. The number of hydrogen-bond donors (Lipinski definition) is 3. The summed E-state index contributed by atoms with van der Waals surface area (Å²) in [5.74, 6) is -0.514. The molecule has 2 aliphatic heterocycles. The largest absolute Gasteiger partial charge is 0.422 e. The summed E-state index contributed by atoms with van der Waals surface area (Å²) in [6.07, 6.45) is 3.04. The third-order valence-corrected chi connectivity index (χ3v) is 8.60. The van der Waals surface area contributed by atoms with Gasteiger partial charge in [-0.3, -0.25) is 13.9 Å². The number of fused-ring (bicyclic) bond motifs is 2. The van der Waals surface area contributed by atoms with Gasteiger partial charge in [0.2, 0.25) is 0 Å². The van der Waals surface area contributed by atoms with E-state index in [0.29, 0.717) is 17.2 Å². The quantitative estimate of drug-likeness (QED) is 0.221. The third kappa shape index (κ3) is 6.33. The number of urea groups is 1. The molecule has 2 saturated heterocycles. The standard InChI is InChI=1S/C22H27N3O8S2/c26-14(4-1-2-5-18-19-16(12-34-18)23-21(28)24-19)10-13-6-7-17-15(11-13)20(27)33-22(29)25(17)8-3-9-35(30,31)32/h6-7,11,16,18-19H,1-5,8-10,12H2,(H2,23,24,28)(H,30,31,32). The highest BCUT2D eigenvalue weighted by Gasteiger charge is 2.42. The normalized spacial score (nSPS) is 21.6. The molecule has 2 amide bonds. The zero-order chi connectivity index (χ0) is 25.2. The molecule has 35 heavy (non-hydrogen) atoms. The Morgan fingerprint density at radius 3 is 2.74 bits per heavy atom. The van der Waals surface area contributed by atoms with E-state index < -0.39 is 27.3 Å². The minimum atomic E-state index is -4.18. The molecule has 11 nitrogen and oxygen atoms in total. The number of unbranched alkanes of at least 4 members (excludes halogenated alkanes) is 1. The second kappa shape index (κ2) is 10.5. The van der Waals surface area contributed by atoms with Gasteiger partial charge in [0.25, 0.3) is 10.1 Å². The molecule has 13 heteroatoms. The van der Waals surface area contributed by atoms with Crippen LogP contribution in [0.2, 0.25) is 0 Å². The topological polar surface area (TPSA) is 165 Å². The van der Waals surface area contributed by atoms with Gasteiger partial charge in [-0.2, -0.15) is 20.2 Å². The van der Waals surface area contributed by atoms with Crippen LogP contribution in [0, 0.1) is 0 Å². The van der Waals surface area contributed by atoms with Crippen LogP contribution in [0.15, 0.2) is 32.2 Å². The van der Waals surface area contributed by atoms with Gasteiger partial charge in [-0.15, -0.1) is 0 Å². The highest BCUT2D eigenvalue weighted by atomic mass is 32.2. The number of nitrogens with one attached hydrogen (secondary N) is 2. The maximum absolute atomic E-state index is 12.5. The van der Waals surface area contributed by atoms with E-state index in [1.807, 2.05) is 11.8 Å². The van der Waals surface area contributed by atoms with E-state index in [4.69, 9.17) is 8.97 Å². The van der Waals surface area contributed by atoms with Crippen LogP contribution >= 0.6 is 11.8 Å². The summed E-state index contributed by atoms with van der Waals surface area (Å²) in [5.41, 5.74) is 0.0664. The Balaban J connectivity index is 1.32. The molecular weight excluding hydrogens is 498 g/mol. The van der Waals surface area contributed by atoms with Crippen molar-refractivity contribution in [3.05, 3.63) is 44.7 Å². The first-order valence-corrected chi connectivity index (χ1v) is 14.1. The summed E-state index contributed by atoms with van der Waals surface area (Å²) in [4.78, 5) is 48.3. The second-order valence-electron chi connectivity index (χ2n) is 8.88. The van der Waals surface area contributed by atoms with Crippen molar-refractivity contribution in [2.75, 3.05) is 11.5 Å². The van der Waals surface area contributed by atoms with Gasteiger partial charge < -0.3 is 15.1 Å². The zero-order valence-corrected chi connectivity index (χ0v) is 20.5. The lowest BCUT2D eigenvalue weighted by Crippen LogP contribution is -2.36. The summed E-state index contributed by atoms with van der Waals surface area (Å²) in [5, 5.41) is 6.35. The van der Waals surface area contributed by atoms with Crippen molar-refractivity contribution in [3.8, 4) is 0 Å². The average Bonchev–Trinajstić information content (AvgIpc) is 3.32. The molecular formula is C22H27N3O8S2. The number of aryl methyl sites for hydroxylation is 1. The van der Waals surface area contributed by atoms with Crippen LogP contribution in [0.1, 0.15) is 37.7 Å². The minimum absolute atomic E-state index is 0.0306. The van der Waals surface area contributed by atoms with Gasteiger partial charge in [0, 0.05) is 30.4 Å².